The molecule has 4 aromatic rings. The van der Waals surface area contributed by atoms with Gasteiger partial charge in [0.05, 0.1) is 34.2 Å². The van der Waals surface area contributed by atoms with Crippen molar-refractivity contribution in [1.82, 2.24) is 14.5 Å². The van der Waals surface area contributed by atoms with Crippen molar-refractivity contribution in [3.05, 3.63) is 78.8 Å². The largest absolute Gasteiger partial charge is 0.369 e. The molecule has 0 radical (unpaired) electrons. The fraction of sp³-hybridized carbons (Fsp3) is 0.0476. The highest BCUT2D eigenvalue weighted by Gasteiger charge is 2.13. The molecule has 29 heavy (non-hydrogen) atoms. The maximum Gasteiger partial charge on any atom is 0.256 e. The highest BCUT2D eigenvalue weighted by molar-refractivity contribution is 8.00. The number of hydrogen-bond acceptors (Lipinski definition) is 5. The number of nitrogens with two attached hydrogens (primary N) is 1. The number of amides is 2. The van der Waals surface area contributed by atoms with Crippen molar-refractivity contribution in [3.63, 3.8) is 0 Å². The van der Waals surface area contributed by atoms with Gasteiger partial charge in [-0.1, -0.05) is 24.3 Å². The van der Waals surface area contributed by atoms with Crippen molar-refractivity contribution in [2.24, 2.45) is 5.73 Å². The SMILES string of the molecule is NC(=O)CSc1ccccc1C(=O)Nc1ccc(-n2cnc3ccccc32)nc1. The number of fused-ring (bicyclic) bond motifs is 1. The Balaban J connectivity index is 1.52. The molecule has 0 bridgehead atoms. The number of thioether (sulfide) groups is 1. The lowest BCUT2D eigenvalue weighted by molar-refractivity contribution is -0.115. The molecule has 0 saturated carbocycles. The minimum atomic E-state index is -0.433. The zero-order valence-corrected chi connectivity index (χ0v) is 16.1. The molecule has 4 rings (SSSR count). The van der Waals surface area contributed by atoms with Gasteiger partial charge in [0.25, 0.3) is 5.91 Å². The van der Waals surface area contributed by atoms with E-state index in [1.807, 2.05) is 41.0 Å². The van der Waals surface area contributed by atoms with Gasteiger partial charge in [-0.15, -0.1) is 11.8 Å². The lowest BCUT2D eigenvalue weighted by atomic mass is 10.2. The highest BCUT2D eigenvalue weighted by atomic mass is 32.2. The van der Waals surface area contributed by atoms with E-state index in [1.165, 1.54) is 11.8 Å². The Morgan fingerprint density at radius 1 is 1.00 bits per heavy atom. The minimum absolute atomic E-state index is 0.111. The monoisotopic (exact) mass is 403 g/mol. The first-order chi connectivity index (χ1) is 14.1. The lowest BCUT2D eigenvalue weighted by Gasteiger charge is -2.10. The summed E-state index contributed by atoms with van der Waals surface area (Å²) in [6.45, 7) is 0. The Labute approximate surface area is 171 Å². The molecular weight excluding hydrogens is 386 g/mol. The Bertz CT molecular complexity index is 1190. The minimum Gasteiger partial charge on any atom is -0.369 e. The number of anilines is 1. The summed E-state index contributed by atoms with van der Waals surface area (Å²) < 4.78 is 1.89. The number of carbonyl (C=O) groups excluding carboxylic acids is 2. The molecule has 0 aliphatic carbocycles. The average molecular weight is 403 g/mol. The second kappa shape index (κ2) is 8.15. The van der Waals surface area contributed by atoms with Crippen LogP contribution in [0.1, 0.15) is 10.4 Å². The number of nitrogens with one attached hydrogen (secondary N) is 1. The van der Waals surface area contributed by atoms with Crippen molar-refractivity contribution in [1.29, 1.82) is 0 Å². The molecule has 0 saturated heterocycles. The van der Waals surface area contributed by atoms with Crippen LogP contribution in [-0.2, 0) is 4.79 Å². The maximum atomic E-state index is 12.7. The number of nitrogens with zero attached hydrogens (tertiary/aromatic N) is 3. The van der Waals surface area contributed by atoms with Gasteiger partial charge in [0.1, 0.15) is 12.1 Å². The summed E-state index contributed by atoms with van der Waals surface area (Å²) in [7, 11) is 0. The van der Waals surface area contributed by atoms with E-state index in [4.69, 9.17) is 5.73 Å². The first-order valence-corrected chi connectivity index (χ1v) is 9.80. The van der Waals surface area contributed by atoms with E-state index in [2.05, 4.69) is 15.3 Å². The topological polar surface area (TPSA) is 103 Å². The first-order valence-electron chi connectivity index (χ1n) is 8.82. The van der Waals surface area contributed by atoms with Crippen LogP contribution in [0.5, 0.6) is 0 Å². The number of rotatable bonds is 6. The third kappa shape index (κ3) is 4.12. The number of carbonyl (C=O) groups is 2. The molecule has 0 spiro atoms. The number of primary amides is 1. The van der Waals surface area contributed by atoms with Crippen molar-refractivity contribution < 1.29 is 9.59 Å². The number of aromatic nitrogens is 3. The van der Waals surface area contributed by atoms with Crippen molar-refractivity contribution in [3.8, 4) is 5.82 Å². The molecule has 0 fully saturated rings. The van der Waals surface area contributed by atoms with E-state index in [1.54, 1.807) is 36.8 Å². The van der Waals surface area contributed by atoms with Crippen LogP contribution in [0.25, 0.3) is 16.9 Å². The first kappa shape index (κ1) is 18.7. The van der Waals surface area contributed by atoms with E-state index in [-0.39, 0.29) is 11.7 Å². The summed E-state index contributed by atoms with van der Waals surface area (Å²) in [5.74, 6) is 0.103. The normalized spacial score (nSPS) is 10.8. The average Bonchev–Trinajstić information content (AvgIpc) is 3.17. The van der Waals surface area contributed by atoms with Gasteiger partial charge < -0.3 is 11.1 Å². The summed E-state index contributed by atoms with van der Waals surface area (Å²) in [5, 5.41) is 2.84. The molecular formula is C21H17N5O2S. The third-order valence-electron chi connectivity index (χ3n) is 4.21. The van der Waals surface area contributed by atoms with Gasteiger partial charge in [0.15, 0.2) is 0 Å². The maximum absolute atomic E-state index is 12.7. The molecule has 3 N–H and O–H groups in total. The molecule has 0 aliphatic heterocycles. The zero-order chi connectivity index (χ0) is 20.2. The molecule has 2 aromatic heterocycles. The fourth-order valence-corrected chi connectivity index (χ4v) is 3.66. The Morgan fingerprint density at radius 2 is 1.79 bits per heavy atom. The van der Waals surface area contributed by atoms with Crippen LogP contribution in [-0.4, -0.2) is 32.1 Å². The number of para-hydroxylation sites is 2. The van der Waals surface area contributed by atoms with Crippen LogP contribution in [0.2, 0.25) is 0 Å². The Hall–Kier alpha value is -3.65. The molecule has 8 heteroatoms. The Morgan fingerprint density at radius 3 is 2.59 bits per heavy atom. The van der Waals surface area contributed by atoms with E-state index in [9.17, 15) is 9.59 Å². The zero-order valence-electron chi connectivity index (χ0n) is 15.3. The smallest absolute Gasteiger partial charge is 0.256 e. The summed E-state index contributed by atoms with van der Waals surface area (Å²) in [4.78, 5) is 33.2. The van der Waals surface area contributed by atoms with Crippen LogP contribution in [0, 0.1) is 0 Å². The van der Waals surface area contributed by atoms with Gasteiger partial charge >= 0.3 is 0 Å². The van der Waals surface area contributed by atoms with Crippen LogP contribution in [0.15, 0.2) is 78.1 Å². The van der Waals surface area contributed by atoms with Gasteiger partial charge in [-0.25, -0.2) is 9.97 Å². The summed E-state index contributed by atoms with van der Waals surface area (Å²) in [6.07, 6.45) is 3.32. The summed E-state index contributed by atoms with van der Waals surface area (Å²) >= 11 is 1.23. The predicted octanol–water partition coefficient (Wildman–Crippen LogP) is 3.25. The van der Waals surface area contributed by atoms with Crippen LogP contribution < -0.4 is 11.1 Å². The van der Waals surface area contributed by atoms with E-state index >= 15 is 0 Å². The van der Waals surface area contributed by atoms with Gasteiger partial charge in [-0.3, -0.25) is 14.2 Å². The summed E-state index contributed by atoms with van der Waals surface area (Å²) in [5.41, 5.74) is 8.09. The highest BCUT2D eigenvalue weighted by Crippen LogP contribution is 2.24. The summed E-state index contributed by atoms with van der Waals surface area (Å²) in [6, 6.07) is 18.5. The second-order valence-electron chi connectivity index (χ2n) is 6.21. The van der Waals surface area contributed by atoms with Crippen LogP contribution in [0.3, 0.4) is 0 Å². The molecule has 2 aromatic carbocycles. The molecule has 2 amide bonds. The van der Waals surface area contributed by atoms with E-state index < -0.39 is 5.91 Å². The molecule has 0 atom stereocenters. The lowest BCUT2D eigenvalue weighted by Crippen LogP contribution is -2.15. The fourth-order valence-electron chi connectivity index (χ4n) is 2.87. The molecule has 2 heterocycles. The number of benzene rings is 2. The molecule has 7 nitrogen and oxygen atoms in total. The van der Waals surface area contributed by atoms with E-state index in [0.717, 1.165) is 11.0 Å². The van der Waals surface area contributed by atoms with Gasteiger partial charge in [0.2, 0.25) is 5.91 Å². The molecule has 144 valence electrons. The van der Waals surface area contributed by atoms with Crippen LogP contribution >= 0.6 is 11.8 Å². The number of imidazole rings is 1. The standard InChI is InChI=1S/C21H17N5O2S/c22-19(27)12-29-18-8-4-1-5-15(18)21(28)25-14-9-10-20(23-11-14)26-13-24-16-6-2-3-7-17(16)26/h1-11,13H,12H2,(H2,22,27)(H,25,28). The van der Waals surface area contributed by atoms with Crippen LogP contribution in [0.4, 0.5) is 5.69 Å². The van der Waals surface area contributed by atoms with Gasteiger partial charge in [-0.2, -0.15) is 0 Å². The predicted molar refractivity (Wildman–Crippen MR) is 113 cm³/mol. The number of hydrogen-bond donors (Lipinski definition) is 2. The van der Waals surface area contributed by atoms with Crippen molar-refractivity contribution in [2.45, 2.75) is 4.90 Å². The molecule has 0 unspecified atom stereocenters. The van der Waals surface area contributed by atoms with Crippen molar-refractivity contribution in [2.75, 3.05) is 11.1 Å². The van der Waals surface area contributed by atoms with Gasteiger partial charge in [-0.05, 0) is 36.4 Å². The quantitative estimate of drug-likeness (QED) is 0.481. The van der Waals surface area contributed by atoms with Gasteiger partial charge in [0, 0.05) is 4.90 Å². The molecule has 0 aliphatic rings. The number of pyridine rings is 1. The van der Waals surface area contributed by atoms with E-state index in [0.29, 0.717) is 22.0 Å². The van der Waals surface area contributed by atoms with Crippen molar-refractivity contribution >= 4 is 40.3 Å². The third-order valence-corrected chi connectivity index (χ3v) is 5.30. The second-order valence-corrected chi connectivity index (χ2v) is 7.23. The Kier molecular flexibility index (Phi) is 5.26.